The van der Waals surface area contributed by atoms with Crippen molar-refractivity contribution in [2.45, 2.75) is 24.8 Å². The van der Waals surface area contributed by atoms with Crippen molar-refractivity contribution in [3.63, 3.8) is 0 Å². The van der Waals surface area contributed by atoms with E-state index in [-0.39, 0.29) is 21.2 Å². The number of nitrogens with two attached hydrogens (primary N) is 1. The average molecular weight is 386 g/mol. The first-order chi connectivity index (χ1) is 12.4. The minimum atomic E-state index is -1.10. The molecule has 0 saturated carbocycles. The zero-order valence-electron chi connectivity index (χ0n) is 13.9. The van der Waals surface area contributed by atoms with Crippen molar-refractivity contribution >= 4 is 34.1 Å². The number of nitrogen functional groups attached to an aromatic ring is 1. The molecule has 0 saturated heterocycles. The number of carbonyl (C=O) groups is 1. The number of anilines is 1. The molecule has 132 valence electrons. The van der Waals surface area contributed by atoms with Gasteiger partial charge in [-0.05, 0) is 41.5 Å². The largest absolute Gasteiger partial charge is 0.477 e. The van der Waals surface area contributed by atoms with Gasteiger partial charge in [-0.1, -0.05) is 23.9 Å². The molecule has 1 aromatic carbocycles. The Balaban J connectivity index is 1.94. The fraction of sp³-hybridized carbons (Fsp3) is 0.188. The second kappa shape index (κ2) is 7.15. The molecule has 2 heterocycles. The number of aromatic carboxylic acids is 1. The van der Waals surface area contributed by atoms with E-state index >= 15 is 0 Å². The minimum absolute atomic E-state index is 0.0670. The van der Waals surface area contributed by atoms with Gasteiger partial charge in [-0.2, -0.15) is 9.94 Å². The highest BCUT2D eigenvalue weighted by molar-refractivity contribution is 7.98. The van der Waals surface area contributed by atoms with Crippen LogP contribution in [0.15, 0.2) is 23.4 Å². The molecule has 0 fully saturated rings. The van der Waals surface area contributed by atoms with E-state index in [1.807, 2.05) is 38.1 Å². The number of thioether (sulfide) groups is 1. The predicted molar refractivity (Wildman–Crippen MR) is 98.6 cm³/mol. The molecule has 26 heavy (non-hydrogen) atoms. The summed E-state index contributed by atoms with van der Waals surface area (Å²) in [5.74, 6) is -0.878. The van der Waals surface area contributed by atoms with Gasteiger partial charge in [-0.15, -0.1) is 16.4 Å². The number of hydrogen-bond donors (Lipinski definition) is 2. The van der Waals surface area contributed by atoms with Crippen LogP contribution in [-0.2, 0) is 5.75 Å². The summed E-state index contributed by atoms with van der Waals surface area (Å²) >= 11 is 2.15. The second-order valence-electron chi connectivity index (χ2n) is 5.52. The monoisotopic (exact) mass is 386 g/mol. The summed E-state index contributed by atoms with van der Waals surface area (Å²) in [4.78, 5) is 11.5. The number of rotatable bonds is 5. The van der Waals surface area contributed by atoms with Crippen LogP contribution in [0.5, 0.6) is 0 Å². The van der Waals surface area contributed by atoms with E-state index in [1.54, 1.807) is 4.68 Å². The molecule has 3 aromatic rings. The number of aryl methyl sites for hydroxylation is 2. The molecule has 10 heteroatoms. The summed E-state index contributed by atoms with van der Waals surface area (Å²) in [6.45, 7) is 3.94. The van der Waals surface area contributed by atoms with Gasteiger partial charge in [0, 0.05) is 11.3 Å². The summed E-state index contributed by atoms with van der Waals surface area (Å²) in [6.07, 6.45) is 0. The van der Waals surface area contributed by atoms with Crippen LogP contribution >= 0.6 is 23.1 Å². The lowest BCUT2D eigenvalue weighted by Gasteiger charge is -2.08. The smallest absolute Gasteiger partial charge is 0.346 e. The predicted octanol–water partition coefficient (Wildman–Crippen LogP) is 2.79. The van der Waals surface area contributed by atoms with Crippen LogP contribution < -0.4 is 5.73 Å². The first-order valence-electron chi connectivity index (χ1n) is 7.45. The van der Waals surface area contributed by atoms with Crippen molar-refractivity contribution in [3.05, 3.63) is 45.3 Å². The fourth-order valence-corrected chi connectivity index (χ4v) is 4.30. The summed E-state index contributed by atoms with van der Waals surface area (Å²) in [6, 6.07) is 7.94. The van der Waals surface area contributed by atoms with Crippen molar-refractivity contribution in [3.8, 4) is 11.8 Å². The number of aromatic nitrogens is 4. The summed E-state index contributed by atoms with van der Waals surface area (Å²) in [7, 11) is 0. The van der Waals surface area contributed by atoms with Crippen LogP contribution in [0.3, 0.4) is 0 Å². The van der Waals surface area contributed by atoms with Crippen LogP contribution in [0.1, 0.15) is 31.9 Å². The molecule has 2 aromatic heterocycles. The Bertz CT molecular complexity index is 1030. The van der Waals surface area contributed by atoms with E-state index in [9.17, 15) is 15.2 Å². The third-order valence-electron chi connectivity index (χ3n) is 3.72. The lowest BCUT2D eigenvalue weighted by molar-refractivity contribution is 0.0701. The maximum atomic E-state index is 11.4. The number of thiophene rings is 1. The lowest BCUT2D eigenvalue weighted by Crippen LogP contribution is -2.03. The van der Waals surface area contributed by atoms with Gasteiger partial charge in [-0.3, -0.25) is 0 Å². The zero-order valence-corrected chi connectivity index (χ0v) is 15.6. The van der Waals surface area contributed by atoms with Gasteiger partial charge in [-0.25, -0.2) is 4.79 Å². The normalized spacial score (nSPS) is 10.7. The molecule has 3 N–H and O–H groups in total. The number of carboxylic acid groups (broad SMARTS) is 1. The molecule has 0 radical (unpaired) electrons. The molecule has 3 rings (SSSR count). The fourth-order valence-electron chi connectivity index (χ4n) is 2.42. The van der Waals surface area contributed by atoms with E-state index < -0.39 is 5.97 Å². The van der Waals surface area contributed by atoms with Crippen molar-refractivity contribution in [2.24, 2.45) is 0 Å². The third kappa shape index (κ3) is 3.26. The highest BCUT2D eigenvalue weighted by atomic mass is 32.2. The summed E-state index contributed by atoms with van der Waals surface area (Å²) in [5.41, 5.74) is 9.29. The molecule has 0 amide bonds. The van der Waals surface area contributed by atoms with E-state index in [0.29, 0.717) is 10.7 Å². The Morgan fingerprint density at radius 3 is 2.92 bits per heavy atom. The zero-order chi connectivity index (χ0) is 18.8. The first kappa shape index (κ1) is 17.9. The van der Waals surface area contributed by atoms with E-state index in [0.717, 1.165) is 28.2 Å². The van der Waals surface area contributed by atoms with Crippen LogP contribution in [0, 0.1) is 25.2 Å². The SMILES string of the molecule is Cc1ccc(C)c(-n2nnnc2SCc2c(C(=O)O)sc(N)c2C#N)c1. The minimum Gasteiger partial charge on any atom is -0.477 e. The standard InChI is InChI=1S/C16H14N6O2S2/c1-8-3-4-9(2)12(5-8)22-16(19-20-21-22)25-7-11-10(6-17)14(18)26-13(11)15(23)24/h3-5H,7,18H2,1-2H3,(H,23,24). The molecule has 0 unspecified atom stereocenters. The van der Waals surface area contributed by atoms with Gasteiger partial charge < -0.3 is 10.8 Å². The maximum absolute atomic E-state index is 11.4. The second-order valence-corrected chi connectivity index (χ2v) is 7.51. The Kier molecular flexibility index (Phi) is 4.92. The van der Waals surface area contributed by atoms with Crippen molar-refractivity contribution in [1.82, 2.24) is 20.2 Å². The first-order valence-corrected chi connectivity index (χ1v) is 9.26. The van der Waals surface area contributed by atoms with Gasteiger partial charge in [0.15, 0.2) is 0 Å². The maximum Gasteiger partial charge on any atom is 0.346 e. The van der Waals surface area contributed by atoms with Crippen molar-refractivity contribution in [1.29, 1.82) is 5.26 Å². The molecule has 0 aliphatic carbocycles. The highest BCUT2D eigenvalue weighted by Gasteiger charge is 2.22. The quantitative estimate of drug-likeness (QED) is 0.640. The number of hydrogen-bond acceptors (Lipinski definition) is 8. The molecule has 0 spiro atoms. The van der Waals surface area contributed by atoms with Crippen LogP contribution in [-0.4, -0.2) is 31.3 Å². The third-order valence-corrected chi connectivity index (χ3v) is 5.71. The molecule has 8 nitrogen and oxygen atoms in total. The molecular formula is C16H14N6O2S2. The van der Waals surface area contributed by atoms with Gasteiger partial charge in [0.25, 0.3) is 0 Å². The van der Waals surface area contributed by atoms with Crippen LogP contribution in [0.25, 0.3) is 5.69 Å². The Morgan fingerprint density at radius 1 is 1.46 bits per heavy atom. The van der Waals surface area contributed by atoms with Gasteiger partial charge in [0.1, 0.15) is 15.9 Å². The number of carboxylic acids is 1. The number of nitrogens with zero attached hydrogens (tertiary/aromatic N) is 5. The topological polar surface area (TPSA) is 131 Å². The highest BCUT2D eigenvalue weighted by Crippen LogP contribution is 2.35. The van der Waals surface area contributed by atoms with Crippen LogP contribution in [0.2, 0.25) is 0 Å². The van der Waals surface area contributed by atoms with Crippen molar-refractivity contribution < 1.29 is 9.90 Å². The molecule has 0 atom stereocenters. The summed E-state index contributed by atoms with van der Waals surface area (Å²) < 4.78 is 1.61. The van der Waals surface area contributed by atoms with Crippen LogP contribution in [0.4, 0.5) is 5.00 Å². The lowest BCUT2D eigenvalue weighted by atomic mass is 10.1. The van der Waals surface area contributed by atoms with Crippen molar-refractivity contribution in [2.75, 3.05) is 5.73 Å². The summed E-state index contributed by atoms with van der Waals surface area (Å²) in [5, 5.41) is 31.1. The van der Waals surface area contributed by atoms with Gasteiger partial charge in [0.05, 0.1) is 11.3 Å². The van der Waals surface area contributed by atoms with Gasteiger partial charge >= 0.3 is 5.97 Å². The Labute approximate surface area is 157 Å². The Hall–Kier alpha value is -2.90. The Morgan fingerprint density at radius 2 is 2.23 bits per heavy atom. The molecular weight excluding hydrogens is 372 g/mol. The molecule has 0 bridgehead atoms. The molecule has 0 aliphatic heterocycles. The van der Waals surface area contributed by atoms with Gasteiger partial charge in [0.2, 0.25) is 5.16 Å². The number of tetrazole rings is 1. The van der Waals surface area contributed by atoms with E-state index in [2.05, 4.69) is 15.5 Å². The average Bonchev–Trinajstić information content (AvgIpc) is 3.18. The van der Waals surface area contributed by atoms with E-state index in [1.165, 1.54) is 11.8 Å². The van der Waals surface area contributed by atoms with E-state index in [4.69, 9.17) is 5.73 Å². The number of nitriles is 1. The number of benzene rings is 1. The molecule has 0 aliphatic rings.